The summed E-state index contributed by atoms with van der Waals surface area (Å²) in [5, 5.41) is 3.32. The highest BCUT2D eigenvalue weighted by atomic mass is 79.9. The summed E-state index contributed by atoms with van der Waals surface area (Å²) in [6.45, 7) is 0. The molecule has 1 aromatic heterocycles. The Morgan fingerprint density at radius 2 is 1.82 bits per heavy atom. The molecule has 22 heavy (non-hydrogen) atoms. The molecule has 1 heterocycles. The summed E-state index contributed by atoms with van der Waals surface area (Å²) in [6, 6.07) is 18.6. The molecule has 1 amide bonds. The molecule has 0 aliphatic rings. The Bertz CT molecular complexity index is 772. The monoisotopic (exact) mass is 374 g/mol. The zero-order chi connectivity index (χ0) is 15.4. The lowest BCUT2D eigenvalue weighted by atomic mass is 10.2. The Morgan fingerprint density at radius 1 is 1.09 bits per heavy atom. The molecule has 1 N–H and O–H groups in total. The van der Waals surface area contributed by atoms with Gasteiger partial charge >= 0.3 is 6.09 Å². The van der Waals surface area contributed by atoms with Gasteiger partial charge in [0.2, 0.25) is 0 Å². The molecule has 0 atom stereocenters. The van der Waals surface area contributed by atoms with Crippen LogP contribution in [-0.4, -0.2) is 10.5 Å². The van der Waals surface area contributed by atoms with Gasteiger partial charge < -0.3 is 4.74 Å². The normalized spacial score (nSPS) is 10.2. The van der Waals surface area contributed by atoms with Crippen LogP contribution in [0.1, 0.15) is 0 Å². The highest BCUT2D eigenvalue weighted by Crippen LogP contribution is 2.26. The number of carbonyl (C=O) groups is 1. The lowest BCUT2D eigenvalue weighted by Crippen LogP contribution is -2.15. The van der Waals surface area contributed by atoms with Crippen molar-refractivity contribution in [1.29, 1.82) is 0 Å². The summed E-state index contributed by atoms with van der Waals surface area (Å²) in [7, 11) is 0. The quantitative estimate of drug-likeness (QED) is 0.686. The molecule has 0 unspecified atom stereocenters. The van der Waals surface area contributed by atoms with Gasteiger partial charge in [0.25, 0.3) is 0 Å². The molecule has 0 radical (unpaired) electrons. The van der Waals surface area contributed by atoms with Gasteiger partial charge in [-0.1, -0.05) is 46.3 Å². The van der Waals surface area contributed by atoms with Gasteiger partial charge in [-0.25, -0.2) is 4.79 Å². The van der Waals surface area contributed by atoms with Crippen molar-refractivity contribution in [1.82, 2.24) is 4.37 Å². The second-order valence-electron chi connectivity index (χ2n) is 4.41. The van der Waals surface area contributed by atoms with Crippen LogP contribution in [0.5, 0.6) is 5.75 Å². The average Bonchev–Trinajstić information content (AvgIpc) is 2.97. The van der Waals surface area contributed by atoms with Crippen LogP contribution in [0.3, 0.4) is 0 Å². The summed E-state index contributed by atoms with van der Waals surface area (Å²) in [5.74, 6) is 0.498. The van der Waals surface area contributed by atoms with Crippen LogP contribution in [0.4, 0.5) is 9.80 Å². The van der Waals surface area contributed by atoms with Crippen LogP contribution in [0.15, 0.2) is 65.1 Å². The maximum Gasteiger partial charge on any atom is 0.417 e. The van der Waals surface area contributed by atoms with Gasteiger partial charge in [-0.15, -0.1) is 0 Å². The van der Waals surface area contributed by atoms with E-state index in [4.69, 9.17) is 4.74 Å². The molecule has 0 saturated carbocycles. The molecule has 0 aliphatic carbocycles. The summed E-state index contributed by atoms with van der Waals surface area (Å²) >= 11 is 4.61. The number of halogens is 1. The molecular weight excluding hydrogens is 364 g/mol. The molecule has 0 fully saturated rings. The topological polar surface area (TPSA) is 51.2 Å². The van der Waals surface area contributed by atoms with Gasteiger partial charge in [0, 0.05) is 16.1 Å². The van der Waals surface area contributed by atoms with Crippen LogP contribution in [0, 0.1) is 0 Å². The van der Waals surface area contributed by atoms with E-state index in [0.29, 0.717) is 10.8 Å². The summed E-state index contributed by atoms with van der Waals surface area (Å²) in [5.41, 5.74) is 1.80. The van der Waals surface area contributed by atoms with E-state index in [1.165, 1.54) is 11.5 Å². The molecule has 4 nitrogen and oxygen atoms in total. The highest BCUT2D eigenvalue weighted by Gasteiger charge is 2.09. The van der Waals surface area contributed by atoms with Crippen molar-refractivity contribution in [2.75, 3.05) is 5.32 Å². The predicted molar refractivity (Wildman–Crippen MR) is 91.3 cm³/mol. The smallest absolute Gasteiger partial charge is 0.410 e. The number of aromatic nitrogens is 1. The van der Waals surface area contributed by atoms with Crippen molar-refractivity contribution in [2.45, 2.75) is 0 Å². The Morgan fingerprint density at radius 3 is 2.55 bits per heavy atom. The van der Waals surface area contributed by atoms with Gasteiger partial charge in [0.15, 0.2) is 0 Å². The highest BCUT2D eigenvalue weighted by molar-refractivity contribution is 9.10. The average molecular weight is 375 g/mol. The van der Waals surface area contributed by atoms with E-state index in [2.05, 4.69) is 25.6 Å². The first kappa shape index (κ1) is 14.7. The van der Waals surface area contributed by atoms with Crippen LogP contribution < -0.4 is 10.1 Å². The number of ether oxygens (including phenoxy) is 1. The minimum absolute atomic E-state index is 0.498. The Hall–Kier alpha value is -2.18. The number of benzene rings is 2. The zero-order valence-corrected chi connectivity index (χ0v) is 13.7. The van der Waals surface area contributed by atoms with E-state index in [0.717, 1.165) is 15.7 Å². The fraction of sp³-hybridized carbons (Fsp3) is 0. The van der Waals surface area contributed by atoms with Gasteiger partial charge in [0.1, 0.15) is 10.8 Å². The number of hydrogen-bond donors (Lipinski definition) is 1. The van der Waals surface area contributed by atoms with Crippen LogP contribution in [0.25, 0.3) is 11.3 Å². The first-order valence-corrected chi connectivity index (χ1v) is 8.04. The van der Waals surface area contributed by atoms with Crippen molar-refractivity contribution in [2.24, 2.45) is 0 Å². The Kier molecular flexibility index (Phi) is 4.50. The number of hydrogen-bond acceptors (Lipinski definition) is 4. The number of para-hydroxylation sites is 1. The third-order valence-electron chi connectivity index (χ3n) is 2.83. The number of amides is 1. The van der Waals surface area contributed by atoms with E-state index in [-0.39, 0.29) is 0 Å². The first-order valence-electron chi connectivity index (χ1n) is 6.47. The number of rotatable bonds is 3. The van der Waals surface area contributed by atoms with Crippen LogP contribution in [-0.2, 0) is 0 Å². The van der Waals surface area contributed by atoms with Gasteiger partial charge in [-0.3, -0.25) is 5.32 Å². The number of carbonyl (C=O) groups excluding carboxylic acids is 1. The third-order valence-corrected chi connectivity index (χ3v) is 4.06. The predicted octanol–water partition coefficient (Wildman–Crippen LogP) is 5.18. The van der Waals surface area contributed by atoms with Gasteiger partial charge in [-0.2, -0.15) is 4.37 Å². The second-order valence-corrected chi connectivity index (χ2v) is 6.13. The van der Waals surface area contributed by atoms with Crippen molar-refractivity contribution in [3.05, 3.63) is 65.1 Å². The SMILES string of the molecule is O=C(Nc1cc(-c2ccc(Br)cc2)ns1)Oc1ccccc1. The fourth-order valence-corrected chi connectivity index (χ4v) is 2.72. The van der Waals surface area contributed by atoms with Gasteiger partial charge in [0.05, 0.1) is 5.69 Å². The van der Waals surface area contributed by atoms with Crippen molar-refractivity contribution >= 4 is 38.6 Å². The zero-order valence-electron chi connectivity index (χ0n) is 11.3. The standard InChI is InChI=1S/C16H11BrN2O2S/c17-12-8-6-11(7-9-12)14-10-15(22-19-14)18-16(20)21-13-4-2-1-3-5-13/h1-10H,(H,18,20). The molecule has 3 aromatic rings. The largest absolute Gasteiger partial charge is 0.417 e. The van der Waals surface area contributed by atoms with E-state index in [9.17, 15) is 4.79 Å². The molecular formula is C16H11BrN2O2S. The molecule has 2 aromatic carbocycles. The third kappa shape index (κ3) is 3.72. The minimum atomic E-state index is -0.530. The molecule has 0 bridgehead atoms. The first-order chi connectivity index (χ1) is 10.7. The minimum Gasteiger partial charge on any atom is -0.410 e. The van der Waals surface area contributed by atoms with E-state index in [1.54, 1.807) is 24.3 Å². The van der Waals surface area contributed by atoms with Crippen LogP contribution in [0.2, 0.25) is 0 Å². The van der Waals surface area contributed by atoms with Crippen LogP contribution >= 0.6 is 27.5 Å². The maximum absolute atomic E-state index is 11.8. The molecule has 3 rings (SSSR count). The van der Waals surface area contributed by atoms with Crippen molar-refractivity contribution < 1.29 is 9.53 Å². The van der Waals surface area contributed by atoms with E-state index in [1.807, 2.05) is 36.4 Å². The number of nitrogens with zero attached hydrogens (tertiary/aromatic N) is 1. The number of nitrogens with one attached hydrogen (secondary N) is 1. The van der Waals surface area contributed by atoms with Crippen molar-refractivity contribution in [3.63, 3.8) is 0 Å². The fourth-order valence-electron chi connectivity index (χ4n) is 1.81. The van der Waals surface area contributed by atoms with E-state index >= 15 is 0 Å². The lowest BCUT2D eigenvalue weighted by molar-refractivity contribution is 0.215. The molecule has 6 heteroatoms. The van der Waals surface area contributed by atoms with Crippen molar-refractivity contribution in [3.8, 4) is 17.0 Å². The molecule has 0 spiro atoms. The summed E-state index contributed by atoms with van der Waals surface area (Å²) in [6.07, 6.45) is -0.530. The number of anilines is 1. The van der Waals surface area contributed by atoms with Gasteiger partial charge in [-0.05, 0) is 35.8 Å². The van der Waals surface area contributed by atoms with E-state index < -0.39 is 6.09 Å². The molecule has 0 aliphatic heterocycles. The Balaban J connectivity index is 1.66. The maximum atomic E-state index is 11.8. The molecule has 0 saturated heterocycles. The molecule has 110 valence electrons. The second kappa shape index (κ2) is 6.72. The lowest BCUT2D eigenvalue weighted by Gasteiger charge is -2.03. The summed E-state index contributed by atoms with van der Waals surface area (Å²) in [4.78, 5) is 11.8. The Labute approximate surface area is 140 Å². The summed E-state index contributed by atoms with van der Waals surface area (Å²) < 4.78 is 10.5.